The quantitative estimate of drug-likeness (QED) is 0.485. The predicted octanol–water partition coefficient (Wildman–Crippen LogP) is 4.47. The molecule has 2 N–H and O–H groups in total. The number of nitrogens with zero attached hydrogens (tertiary/aromatic N) is 2. The van der Waals surface area contributed by atoms with Crippen molar-refractivity contribution in [1.29, 1.82) is 0 Å². The Kier molecular flexibility index (Phi) is 5.70. The number of aliphatic carboxylic acids is 1. The third-order valence-corrected chi connectivity index (χ3v) is 6.68. The molecule has 6 nitrogen and oxygen atoms in total. The maximum absolute atomic E-state index is 13.0. The van der Waals surface area contributed by atoms with E-state index in [1.807, 2.05) is 43.1 Å². The van der Waals surface area contributed by atoms with Gasteiger partial charge in [0.25, 0.3) is 0 Å². The number of carboxylic acids is 1. The number of ketones is 1. The molecule has 0 bridgehead atoms. The normalized spacial score (nSPS) is 17.9. The zero-order valence-corrected chi connectivity index (χ0v) is 19.4. The first-order chi connectivity index (χ1) is 15.7. The lowest BCUT2D eigenvalue weighted by Crippen LogP contribution is -2.30. The van der Waals surface area contributed by atoms with Gasteiger partial charge in [-0.3, -0.25) is 9.59 Å². The van der Waals surface area contributed by atoms with Crippen LogP contribution in [0.25, 0.3) is 5.57 Å². The van der Waals surface area contributed by atoms with Crippen LogP contribution in [0.3, 0.4) is 0 Å². The highest BCUT2D eigenvalue weighted by atomic mass is 16.4. The van der Waals surface area contributed by atoms with Crippen molar-refractivity contribution in [1.82, 2.24) is 0 Å². The van der Waals surface area contributed by atoms with E-state index in [2.05, 4.69) is 30.6 Å². The minimum atomic E-state index is -0.836. The number of hydrogen-bond acceptors (Lipinski definition) is 4. The van der Waals surface area contributed by atoms with Crippen molar-refractivity contribution in [3.8, 4) is 0 Å². The van der Waals surface area contributed by atoms with Crippen LogP contribution in [-0.2, 0) is 15.0 Å². The summed E-state index contributed by atoms with van der Waals surface area (Å²) < 4.78 is 2.08. The standard InChI is InChI=1S/C27H28N2O4/c1-5-29(15-14-23(30)31)18-12-10-17(11-13-18)24-25(32)19(26(24)33)16-22-27(2,3)20-8-6-7-9-21(20)28(22)4/h6-13,16H,5,14-15H2,1-4H3,(H-,30,31,32,33)/p+1. The summed E-state index contributed by atoms with van der Waals surface area (Å²) in [4.78, 5) is 25.9. The number of aliphatic hydroxyl groups excluding tert-OH is 1. The molecule has 170 valence electrons. The molecule has 6 heteroatoms. The van der Waals surface area contributed by atoms with Gasteiger partial charge in [0.05, 0.1) is 23.0 Å². The van der Waals surface area contributed by atoms with Crippen LogP contribution in [0.2, 0.25) is 0 Å². The SMILES string of the molecule is CCN(CCC(=O)O)c1ccc(C2=C(O)C(=CC3=[N+](C)c4ccccc4C3(C)C)C2=O)cc1. The van der Waals surface area contributed by atoms with E-state index in [1.165, 1.54) is 5.56 Å². The number of benzene rings is 2. The number of carbonyl (C=O) groups excluding carboxylic acids is 1. The van der Waals surface area contributed by atoms with Crippen molar-refractivity contribution in [2.45, 2.75) is 32.6 Å². The minimum Gasteiger partial charge on any atom is -0.506 e. The first kappa shape index (κ1) is 22.5. The van der Waals surface area contributed by atoms with E-state index in [0.29, 0.717) is 29.8 Å². The van der Waals surface area contributed by atoms with E-state index < -0.39 is 5.97 Å². The Labute approximate surface area is 193 Å². The van der Waals surface area contributed by atoms with Crippen molar-refractivity contribution < 1.29 is 24.4 Å². The molecule has 1 aliphatic carbocycles. The van der Waals surface area contributed by atoms with Gasteiger partial charge in [-0.05, 0) is 38.5 Å². The maximum atomic E-state index is 13.0. The third-order valence-electron chi connectivity index (χ3n) is 6.68. The first-order valence-electron chi connectivity index (χ1n) is 11.1. The zero-order chi connectivity index (χ0) is 23.9. The van der Waals surface area contributed by atoms with E-state index in [1.54, 1.807) is 18.2 Å². The number of fused-ring (bicyclic) bond motifs is 1. The Morgan fingerprint density at radius 1 is 1.12 bits per heavy atom. The number of anilines is 1. The van der Waals surface area contributed by atoms with E-state index >= 15 is 0 Å². The Morgan fingerprint density at radius 3 is 2.36 bits per heavy atom. The van der Waals surface area contributed by atoms with Crippen molar-refractivity contribution in [2.24, 2.45) is 0 Å². The summed E-state index contributed by atoms with van der Waals surface area (Å²) in [5.74, 6) is -0.999. The lowest BCUT2D eigenvalue weighted by Gasteiger charge is -2.25. The Balaban J connectivity index is 1.61. The molecule has 2 aliphatic rings. The fraction of sp³-hybridized carbons (Fsp3) is 0.296. The minimum absolute atomic E-state index is 0.0126. The number of carbonyl (C=O) groups is 2. The first-order valence-corrected chi connectivity index (χ1v) is 11.1. The number of hydrogen-bond donors (Lipinski definition) is 2. The molecule has 0 fully saturated rings. The smallest absolute Gasteiger partial charge is 0.305 e. The van der Waals surface area contributed by atoms with Crippen molar-refractivity contribution in [3.63, 3.8) is 0 Å². The zero-order valence-electron chi connectivity index (χ0n) is 19.4. The van der Waals surface area contributed by atoms with Crippen LogP contribution in [0.15, 0.2) is 65.9 Å². The van der Waals surface area contributed by atoms with Gasteiger partial charge in [-0.15, -0.1) is 0 Å². The van der Waals surface area contributed by atoms with Crippen LogP contribution in [0.5, 0.6) is 0 Å². The molecule has 2 aromatic carbocycles. The molecule has 0 saturated carbocycles. The lowest BCUT2D eigenvalue weighted by molar-refractivity contribution is -0.401. The van der Waals surface area contributed by atoms with Crippen molar-refractivity contribution in [3.05, 3.63) is 77.1 Å². The molecule has 0 unspecified atom stereocenters. The van der Waals surface area contributed by atoms with Gasteiger partial charge >= 0.3 is 5.97 Å². The molecule has 1 aliphatic heterocycles. The monoisotopic (exact) mass is 445 g/mol. The molecule has 0 saturated heterocycles. The third kappa shape index (κ3) is 3.75. The van der Waals surface area contributed by atoms with Crippen molar-refractivity contribution in [2.75, 3.05) is 25.0 Å². The summed E-state index contributed by atoms with van der Waals surface area (Å²) >= 11 is 0. The number of para-hydroxylation sites is 1. The Bertz CT molecular complexity index is 1230. The fourth-order valence-electron chi connectivity index (χ4n) is 4.76. The highest BCUT2D eigenvalue weighted by Crippen LogP contribution is 2.42. The topological polar surface area (TPSA) is 80.9 Å². The van der Waals surface area contributed by atoms with Crippen LogP contribution in [0.1, 0.15) is 38.3 Å². The van der Waals surface area contributed by atoms with Crippen LogP contribution in [-0.4, -0.2) is 52.4 Å². The van der Waals surface area contributed by atoms with E-state index in [0.717, 1.165) is 17.1 Å². The molecule has 0 radical (unpaired) electrons. The summed E-state index contributed by atoms with van der Waals surface area (Å²) in [6, 6.07) is 15.5. The average molecular weight is 446 g/mol. The van der Waals surface area contributed by atoms with Gasteiger partial charge in [-0.1, -0.05) is 30.3 Å². The van der Waals surface area contributed by atoms with Gasteiger partial charge in [0.1, 0.15) is 12.8 Å². The second kappa shape index (κ2) is 8.35. The molecule has 2 aromatic rings. The molecule has 0 aromatic heterocycles. The predicted molar refractivity (Wildman–Crippen MR) is 130 cm³/mol. The highest BCUT2D eigenvalue weighted by Gasteiger charge is 2.45. The number of rotatable bonds is 7. The number of allylic oxidation sites excluding steroid dienone is 3. The van der Waals surface area contributed by atoms with Gasteiger partial charge in [0.2, 0.25) is 11.5 Å². The molecular formula is C27H29N2O4+. The van der Waals surface area contributed by atoms with Gasteiger partial charge in [-0.2, -0.15) is 4.58 Å². The fourth-order valence-corrected chi connectivity index (χ4v) is 4.76. The summed E-state index contributed by atoms with van der Waals surface area (Å²) in [5.41, 5.74) is 5.15. The second-order valence-electron chi connectivity index (χ2n) is 8.97. The Morgan fingerprint density at radius 2 is 1.79 bits per heavy atom. The summed E-state index contributed by atoms with van der Waals surface area (Å²) in [6.07, 6.45) is 1.86. The van der Waals surface area contributed by atoms with Crippen LogP contribution in [0, 0.1) is 0 Å². The Hall–Kier alpha value is -3.67. The highest BCUT2D eigenvalue weighted by molar-refractivity contribution is 6.40. The second-order valence-corrected chi connectivity index (χ2v) is 8.97. The maximum Gasteiger partial charge on any atom is 0.305 e. The number of Topliss-reactive ketones (excluding diaryl/α,β-unsaturated/α-hetero) is 1. The van der Waals surface area contributed by atoms with Gasteiger partial charge in [-0.25, -0.2) is 0 Å². The molecule has 1 heterocycles. The largest absolute Gasteiger partial charge is 0.506 e. The summed E-state index contributed by atoms with van der Waals surface area (Å²) in [7, 11) is 1.98. The van der Waals surface area contributed by atoms with Crippen LogP contribution < -0.4 is 4.90 Å². The lowest BCUT2D eigenvalue weighted by atomic mass is 9.77. The van der Waals surface area contributed by atoms with E-state index in [-0.39, 0.29) is 23.4 Å². The number of aliphatic hydroxyl groups is 1. The summed E-state index contributed by atoms with van der Waals surface area (Å²) in [5, 5.41) is 19.7. The van der Waals surface area contributed by atoms with Crippen LogP contribution in [0.4, 0.5) is 11.4 Å². The average Bonchev–Trinajstić information content (AvgIpc) is 2.99. The van der Waals surface area contributed by atoms with Gasteiger partial charge < -0.3 is 15.1 Å². The van der Waals surface area contributed by atoms with Crippen LogP contribution >= 0.6 is 0 Å². The molecular weight excluding hydrogens is 416 g/mol. The molecule has 33 heavy (non-hydrogen) atoms. The number of carboxylic acid groups (broad SMARTS) is 1. The molecule has 0 amide bonds. The van der Waals surface area contributed by atoms with Gasteiger partial charge in [0.15, 0.2) is 5.71 Å². The summed E-state index contributed by atoms with van der Waals surface area (Å²) in [6.45, 7) is 7.30. The molecule has 4 rings (SSSR count). The van der Waals surface area contributed by atoms with Gasteiger partial charge in [0, 0.05) is 36.5 Å². The molecule has 0 spiro atoms. The van der Waals surface area contributed by atoms with Crippen molar-refractivity contribution >= 4 is 34.4 Å². The molecule has 0 atom stereocenters. The van der Waals surface area contributed by atoms with E-state index in [9.17, 15) is 14.7 Å². The van der Waals surface area contributed by atoms with E-state index in [4.69, 9.17) is 5.11 Å².